The number of hydrogen-bond donors (Lipinski definition) is 1. The van der Waals surface area contributed by atoms with Crippen LogP contribution in [0.4, 0.5) is 0 Å². The van der Waals surface area contributed by atoms with Crippen molar-refractivity contribution in [1.29, 1.82) is 0 Å². The smallest absolute Gasteiger partial charge is 0.0241 e. The molecule has 0 spiro atoms. The lowest BCUT2D eigenvalue weighted by Crippen LogP contribution is -2.64. The van der Waals surface area contributed by atoms with Crippen molar-refractivity contribution >= 4 is 0 Å². The maximum absolute atomic E-state index is 3.47. The Kier molecular flexibility index (Phi) is 2.79. The standard InChI is InChI=1S/C15H28N2/c1-12-5-7-17(8-12)15(6-4-13(15)2)9-14(3)10-16-11-14/h12-13,16H,4-11H2,1-3H3. The maximum atomic E-state index is 3.47. The summed E-state index contributed by atoms with van der Waals surface area (Å²) in [6.07, 6.45) is 5.76. The van der Waals surface area contributed by atoms with E-state index in [9.17, 15) is 0 Å². The molecule has 2 heterocycles. The molecule has 1 N–H and O–H groups in total. The second-order valence-corrected chi connectivity index (χ2v) is 7.47. The van der Waals surface area contributed by atoms with E-state index in [1.165, 1.54) is 51.9 Å². The highest BCUT2D eigenvalue weighted by Crippen LogP contribution is 2.52. The first-order valence-corrected chi connectivity index (χ1v) is 7.50. The Bertz CT molecular complexity index is 297. The van der Waals surface area contributed by atoms with Crippen LogP contribution in [0.25, 0.3) is 0 Å². The Labute approximate surface area is 106 Å². The normalized spacial score (nSPS) is 45.4. The lowest BCUT2D eigenvalue weighted by Gasteiger charge is -2.59. The maximum Gasteiger partial charge on any atom is 0.0241 e. The van der Waals surface area contributed by atoms with E-state index in [1.54, 1.807) is 0 Å². The molecule has 0 bridgehead atoms. The lowest BCUT2D eigenvalue weighted by molar-refractivity contribution is -0.0681. The topological polar surface area (TPSA) is 15.3 Å². The number of rotatable bonds is 3. The van der Waals surface area contributed by atoms with Crippen molar-refractivity contribution in [3.63, 3.8) is 0 Å². The highest BCUT2D eigenvalue weighted by atomic mass is 15.2. The van der Waals surface area contributed by atoms with Gasteiger partial charge in [-0.3, -0.25) is 4.90 Å². The molecule has 0 aromatic carbocycles. The van der Waals surface area contributed by atoms with Gasteiger partial charge in [0.1, 0.15) is 0 Å². The van der Waals surface area contributed by atoms with Crippen molar-refractivity contribution < 1.29 is 0 Å². The molecule has 0 aromatic rings. The van der Waals surface area contributed by atoms with Gasteiger partial charge in [-0.25, -0.2) is 0 Å². The van der Waals surface area contributed by atoms with Gasteiger partial charge >= 0.3 is 0 Å². The zero-order chi connectivity index (χ0) is 12.1. The summed E-state index contributed by atoms with van der Waals surface area (Å²) >= 11 is 0. The van der Waals surface area contributed by atoms with E-state index in [2.05, 4.69) is 31.0 Å². The minimum atomic E-state index is 0.571. The van der Waals surface area contributed by atoms with Crippen molar-refractivity contribution in [3.8, 4) is 0 Å². The third kappa shape index (κ3) is 1.84. The molecule has 3 fully saturated rings. The van der Waals surface area contributed by atoms with Gasteiger partial charge in [-0.05, 0) is 49.5 Å². The molecular formula is C15H28N2. The summed E-state index contributed by atoms with van der Waals surface area (Å²) in [5.74, 6) is 1.84. The third-order valence-corrected chi connectivity index (χ3v) is 5.82. The minimum Gasteiger partial charge on any atom is -0.316 e. The number of hydrogen-bond acceptors (Lipinski definition) is 2. The fraction of sp³-hybridized carbons (Fsp3) is 1.00. The second-order valence-electron chi connectivity index (χ2n) is 7.47. The first-order chi connectivity index (χ1) is 8.04. The number of nitrogens with zero attached hydrogens (tertiary/aromatic N) is 1. The highest BCUT2D eigenvalue weighted by Gasteiger charge is 2.53. The van der Waals surface area contributed by atoms with E-state index in [-0.39, 0.29) is 0 Å². The van der Waals surface area contributed by atoms with Crippen LogP contribution in [0.2, 0.25) is 0 Å². The molecule has 0 aromatic heterocycles. The van der Waals surface area contributed by atoms with Gasteiger partial charge < -0.3 is 5.32 Å². The van der Waals surface area contributed by atoms with Gasteiger partial charge in [0.05, 0.1) is 0 Å². The summed E-state index contributed by atoms with van der Waals surface area (Å²) in [6, 6.07) is 0. The van der Waals surface area contributed by atoms with E-state index in [1.807, 2.05) is 0 Å². The summed E-state index contributed by atoms with van der Waals surface area (Å²) < 4.78 is 0. The summed E-state index contributed by atoms with van der Waals surface area (Å²) in [7, 11) is 0. The van der Waals surface area contributed by atoms with Gasteiger partial charge in [-0.15, -0.1) is 0 Å². The molecule has 17 heavy (non-hydrogen) atoms. The van der Waals surface area contributed by atoms with Gasteiger partial charge in [-0.2, -0.15) is 0 Å². The summed E-state index contributed by atoms with van der Waals surface area (Å²) in [6.45, 7) is 12.6. The minimum absolute atomic E-state index is 0.571. The zero-order valence-electron chi connectivity index (χ0n) is 11.8. The molecule has 1 saturated carbocycles. The van der Waals surface area contributed by atoms with Gasteiger partial charge in [0.25, 0.3) is 0 Å². The molecule has 1 aliphatic carbocycles. The van der Waals surface area contributed by atoms with Crippen LogP contribution in [-0.2, 0) is 0 Å². The fourth-order valence-corrected chi connectivity index (χ4v) is 4.37. The molecule has 3 atom stereocenters. The quantitative estimate of drug-likeness (QED) is 0.810. The van der Waals surface area contributed by atoms with Crippen LogP contribution in [0.3, 0.4) is 0 Å². The molecule has 3 unspecified atom stereocenters. The lowest BCUT2D eigenvalue weighted by atomic mass is 9.58. The fourth-order valence-electron chi connectivity index (χ4n) is 4.37. The van der Waals surface area contributed by atoms with E-state index in [0.717, 1.165) is 11.8 Å². The first-order valence-electron chi connectivity index (χ1n) is 7.50. The van der Waals surface area contributed by atoms with E-state index < -0.39 is 0 Å². The third-order valence-electron chi connectivity index (χ3n) is 5.82. The predicted octanol–water partition coefficient (Wildman–Crippen LogP) is 2.50. The van der Waals surface area contributed by atoms with Crippen LogP contribution in [0.5, 0.6) is 0 Å². The van der Waals surface area contributed by atoms with Gasteiger partial charge in [-0.1, -0.05) is 20.8 Å². The van der Waals surface area contributed by atoms with Gasteiger partial charge in [0, 0.05) is 25.2 Å². The van der Waals surface area contributed by atoms with E-state index >= 15 is 0 Å². The molecule has 0 radical (unpaired) electrons. The van der Waals surface area contributed by atoms with Crippen LogP contribution in [0.15, 0.2) is 0 Å². The average molecular weight is 236 g/mol. The Hall–Kier alpha value is -0.0800. The van der Waals surface area contributed by atoms with Crippen LogP contribution in [0.1, 0.15) is 46.5 Å². The molecule has 3 rings (SSSR count). The Morgan fingerprint density at radius 1 is 1.24 bits per heavy atom. The Morgan fingerprint density at radius 2 is 2.00 bits per heavy atom. The Balaban J connectivity index is 1.74. The monoisotopic (exact) mass is 236 g/mol. The van der Waals surface area contributed by atoms with Crippen molar-refractivity contribution in [2.75, 3.05) is 26.2 Å². The predicted molar refractivity (Wildman–Crippen MR) is 72.1 cm³/mol. The molecular weight excluding hydrogens is 208 g/mol. The highest BCUT2D eigenvalue weighted by molar-refractivity contribution is 5.09. The second kappa shape index (κ2) is 3.96. The van der Waals surface area contributed by atoms with Crippen molar-refractivity contribution in [1.82, 2.24) is 10.2 Å². The van der Waals surface area contributed by atoms with Crippen LogP contribution >= 0.6 is 0 Å². The SMILES string of the molecule is CC1CCN(C2(CC3(C)CNC3)CCC2C)C1. The molecule has 2 heteroatoms. The molecule has 0 amide bonds. The summed E-state index contributed by atoms with van der Waals surface area (Å²) in [4.78, 5) is 2.86. The van der Waals surface area contributed by atoms with Crippen molar-refractivity contribution in [2.45, 2.75) is 52.0 Å². The largest absolute Gasteiger partial charge is 0.316 e. The molecule has 98 valence electrons. The molecule has 2 aliphatic heterocycles. The molecule has 2 saturated heterocycles. The number of nitrogens with one attached hydrogen (secondary N) is 1. The van der Waals surface area contributed by atoms with Gasteiger partial charge in [0.15, 0.2) is 0 Å². The van der Waals surface area contributed by atoms with Gasteiger partial charge in [0.2, 0.25) is 0 Å². The number of likely N-dealkylation sites (tertiary alicyclic amines) is 1. The Morgan fingerprint density at radius 3 is 2.35 bits per heavy atom. The van der Waals surface area contributed by atoms with Crippen LogP contribution in [-0.4, -0.2) is 36.6 Å². The zero-order valence-corrected chi connectivity index (χ0v) is 11.8. The van der Waals surface area contributed by atoms with Crippen molar-refractivity contribution in [3.05, 3.63) is 0 Å². The summed E-state index contributed by atoms with van der Waals surface area (Å²) in [5.41, 5.74) is 1.15. The van der Waals surface area contributed by atoms with Crippen molar-refractivity contribution in [2.24, 2.45) is 17.3 Å². The van der Waals surface area contributed by atoms with Crippen LogP contribution < -0.4 is 5.32 Å². The average Bonchev–Trinajstić information content (AvgIpc) is 2.68. The van der Waals surface area contributed by atoms with Crippen LogP contribution in [0, 0.1) is 17.3 Å². The van der Waals surface area contributed by atoms with E-state index in [4.69, 9.17) is 0 Å². The summed E-state index contributed by atoms with van der Waals surface area (Å²) in [5, 5.41) is 3.47. The molecule has 3 aliphatic rings. The first kappa shape index (κ1) is 12.0. The van der Waals surface area contributed by atoms with E-state index in [0.29, 0.717) is 11.0 Å². The molecule has 2 nitrogen and oxygen atoms in total.